The molecule has 5 N–H and O–H groups in total. The summed E-state index contributed by atoms with van der Waals surface area (Å²) in [5.41, 5.74) is 5.37. The predicted octanol–water partition coefficient (Wildman–Crippen LogP) is 0.187. The van der Waals surface area contributed by atoms with Crippen LogP contribution in [0.25, 0.3) is 11.1 Å². The molecule has 2 saturated carbocycles. The van der Waals surface area contributed by atoms with Crippen molar-refractivity contribution in [2.75, 3.05) is 27.2 Å². The van der Waals surface area contributed by atoms with Crippen LogP contribution in [0.2, 0.25) is 0 Å². The normalized spacial score (nSPS) is 27.9. The van der Waals surface area contributed by atoms with Gasteiger partial charge in [-0.1, -0.05) is 30.3 Å². The molecule has 0 bridgehead atoms. The number of aliphatic hydroxyl groups is 1. The number of nitrogens with zero attached hydrogens (tertiary/aromatic N) is 1. The number of nitrogens with two attached hydrogens (primary N) is 1. The smallest absolute Gasteiger partial charge is 0.319 e. The van der Waals surface area contributed by atoms with Crippen molar-refractivity contribution in [1.82, 2.24) is 10.2 Å². The Morgan fingerprint density at radius 3 is 2.36 bits per heavy atom. The molecular weight excluding hydrogens is 570 g/mol. The Hall–Kier alpha value is -4.26. The van der Waals surface area contributed by atoms with Crippen LogP contribution in [0.5, 0.6) is 5.75 Å². The molecule has 0 heterocycles. The lowest BCUT2D eigenvalue weighted by Crippen LogP contribution is -2.74. The van der Waals surface area contributed by atoms with Crippen molar-refractivity contribution < 1.29 is 43.7 Å². The number of hydrogen-bond acceptors (Lipinski definition) is 11. The van der Waals surface area contributed by atoms with Crippen LogP contribution < -0.4 is 11.1 Å². The molecule has 3 aliphatic carbocycles. The van der Waals surface area contributed by atoms with Crippen LogP contribution in [0.1, 0.15) is 34.8 Å². The molecule has 0 aliphatic heterocycles. The maximum Gasteiger partial charge on any atom is 0.319 e. The van der Waals surface area contributed by atoms with Crippen molar-refractivity contribution >= 4 is 35.0 Å². The summed E-state index contributed by atoms with van der Waals surface area (Å²) >= 11 is 0. The number of carbonyl (C=O) groups excluding carboxylic acids is 6. The number of carbonyl (C=O) groups is 6. The first-order valence-corrected chi connectivity index (χ1v) is 14.5. The lowest BCUT2D eigenvalue weighted by atomic mass is 9.52. The minimum absolute atomic E-state index is 0.0237. The van der Waals surface area contributed by atoms with Crippen LogP contribution in [0.3, 0.4) is 0 Å². The molecule has 2 fully saturated rings. The first kappa shape index (κ1) is 31.2. The minimum Gasteiger partial charge on any atom is -0.507 e. The molecule has 0 spiro atoms. The van der Waals surface area contributed by atoms with Gasteiger partial charge in [-0.15, -0.1) is 0 Å². The van der Waals surface area contributed by atoms with Crippen LogP contribution in [-0.2, 0) is 41.7 Å². The SMILES string of the molecule is CCOC(=O)CNCc1ccc(-c2ccc(O)c3c2C[C@H]2C[C@H]4C(N(C)C)C(=O)C(C(N)=O)C(=O)[C@@]4(O)C(=O)C2C3=O)cc1. The van der Waals surface area contributed by atoms with E-state index in [1.54, 1.807) is 27.1 Å². The molecule has 3 aliphatic rings. The monoisotopic (exact) mass is 605 g/mol. The number of hydrogen-bond donors (Lipinski definition) is 4. The van der Waals surface area contributed by atoms with E-state index in [0.717, 1.165) is 11.1 Å². The maximum atomic E-state index is 14.0. The number of phenols is 1. The fourth-order valence-electron chi connectivity index (χ4n) is 7.20. The van der Waals surface area contributed by atoms with Gasteiger partial charge in [-0.25, -0.2) is 0 Å². The van der Waals surface area contributed by atoms with Gasteiger partial charge >= 0.3 is 5.97 Å². The molecule has 0 radical (unpaired) electrons. The third kappa shape index (κ3) is 4.92. The number of nitrogens with one attached hydrogen (secondary N) is 1. The first-order chi connectivity index (χ1) is 20.8. The number of benzene rings is 2. The fourth-order valence-corrected chi connectivity index (χ4v) is 7.20. The molecular formula is C32H35N3O9. The Morgan fingerprint density at radius 1 is 1.07 bits per heavy atom. The Morgan fingerprint density at radius 2 is 1.75 bits per heavy atom. The number of esters is 1. The van der Waals surface area contributed by atoms with E-state index in [1.165, 1.54) is 11.0 Å². The number of primary amides is 1. The highest BCUT2D eigenvalue weighted by atomic mass is 16.5. The molecule has 0 aromatic heterocycles. The molecule has 12 heteroatoms. The zero-order valence-corrected chi connectivity index (χ0v) is 24.7. The highest BCUT2D eigenvalue weighted by molar-refractivity contribution is 6.32. The summed E-state index contributed by atoms with van der Waals surface area (Å²) in [6, 6.07) is 9.30. The number of likely N-dealkylation sites (N-methyl/N-ethyl adjacent to an activating group) is 1. The molecule has 12 nitrogen and oxygen atoms in total. The van der Waals surface area contributed by atoms with Gasteiger partial charge in [-0.2, -0.15) is 0 Å². The van der Waals surface area contributed by atoms with Crippen molar-refractivity contribution in [3.05, 3.63) is 53.1 Å². The van der Waals surface area contributed by atoms with E-state index >= 15 is 0 Å². The molecule has 232 valence electrons. The van der Waals surface area contributed by atoms with Crippen molar-refractivity contribution in [3.8, 4) is 16.9 Å². The zero-order valence-electron chi connectivity index (χ0n) is 24.7. The van der Waals surface area contributed by atoms with E-state index in [4.69, 9.17) is 10.5 Å². The number of amides is 1. The van der Waals surface area contributed by atoms with Crippen LogP contribution in [0.15, 0.2) is 36.4 Å². The summed E-state index contributed by atoms with van der Waals surface area (Å²) in [5.74, 6) is -11.2. The van der Waals surface area contributed by atoms with Gasteiger partial charge in [0.15, 0.2) is 34.7 Å². The van der Waals surface area contributed by atoms with Gasteiger partial charge in [0, 0.05) is 12.5 Å². The third-order valence-electron chi connectivity index (χ3n) is 9.11. The Balaban J connectivity index is 1.49. The van der Waals surface area contributed by atoms with Gasteiger partial charge in [0.2, 0.25) is 5.91 Å². The number of Topliss-reactive ketones (excluding diaryl/α,β-unsaturated/α-hetero) is 4. The Bertz CT molecular complexity index is 1570. The molecule has 44 heavy (non-hydrogen) atoms. The van der Waals surface area contributed by atoms with E-state index in [9.17, 15) is 39.0 Å². The van der Waals surface area contributed by atoms with Crippen molar-refractivity contribution in [3.63, 3.8) is 0 Å². The second-order valence-corrected chi connectivity index (χ2v) is 11.9. The minimum atomic E-state index is -2.76. The molecule has 2 aromatic rings. The van der Waals surface area contributed by atoms with Crippen LogP contribution in [-0.4, -0.2) is 89.0 Å². The Labute approximate surface area is 253 Å². The number of aromatic hydroxyl groups is 1. The van der Waals surface area contributed by atoms with E-state index in [2.05, 4.69) is 5.32 Å². The van der Waals surface area contributed by atoms with Gasteiger partial charge in [0.25, 0.3) is 0 Å². The van der Waals surface area contributed by atoms with Crippen molar-refractivity contribution in [2.45, 2.75) is 38.0 Å². The average molecular weight is 606 g/mol. The number of ketones is 4. The van der Waals surface area contributed by atoms with Gasteiger partial charge in [0.05, 0.1) is 30.7 Å². The summed E-state index contributed by atoms with van der Waals surface area (Å²) in [4.78, 5) is 79.8. The second-order valence-electron chi connectivity index (χ2n) is 11.9. The van der Waals surface area contributed by atoms with Gasteiger partial charge in [-0.3, -0.25) is 33.7 Å². The maximum absolute atomic E-state index is 14.0. The van der Waals surface area contributed by atoms with E-state index in [1.807, 2.05) is 24.3 Å². The standard InChI is InChI=1S/C32H35N3O9/c1-4-44-22(37)14-34-13-15-5-7-16(8-6-15)18-9-10-21(36)24-19(18)11-17-12-20-26(35(2)3)28(39)25(31(33)42)30(41)32(20,43)29(40)23(17)27(24)38/h5-10,17,20,23,25-26,34,36,43H,4,11-14H2,1-3H3,(H2,33,42)/t17-,20-,23?,25?,26?,32-/m0/s1. The number of fused-ring (bicyclic) bond motifs is 3. The van der Waals surface area contributed by atoms with Gasteiger partial charge < -0.3 is 26.0 Å². The molecule has 2 aromatic carbocycles. The topological polar surface area (TPSA) is 193 Å². The predicted molar refractivity (Wildman–Crippen MR) is 155 cm³/mol. The summed E-state index contributed by atoms with van der Waals surface area (Å²) in [6.07, 6.45) is 0.141. The van der Waals surface area contributed by atoms with E-state index in [-0.39, 0.29) is 36.7 Å². The summed E-state index contributed by atoms with van der Waals surface area (Å²) in [7, 11) is 3.09. The lowest BCUT2D eigenvalue weighted by molar-refractivity contribution is -0.181. The van der Waals surface area contributed by atoms with Gasteiger partial charge in [0.1, 0.15) is 5.75 Å². The van der Waals surface area contributed by atoms with Gasteiger partial charge in [-0.05, 0) is 68.1 Å². The first-order valence-electron chi connectivity index (χ1n) is 14.5. The van der Waals surface area contributed by atoms with Crippen LogP contribution in [0.4, 0.5) is 0 Å². The van der Waals surface area contributed by atoms with E-state index in [0.29, 0.717) is 24.3 Å². The summed E-state index contributed by atoms with van der Waals surface area (Å²) in [6.45, 7) is 2.52. The number of rotatable bonds is 8. The van der Waals surface area contributed by atoms with Crippen LogP contribution in [0, 0.1) is 23.7 Å². The molecule has 6 atom stereocenters. The summed E-state index contributed by atoms with van der Waals surface area (Å²) < 4.78 is 4.91. The fraction of sp³-hybridized carbons (Fsp3) is 0.438. The zero-order chi connectivity index (χ0) is 32.1. The second kappa shape index (κ2) is 11.7. The van der Waals surface area contributed by atoms with Crippen molar-refractivity contribution in [2.24, 2.45) is 29.4 Å². The van der Waals surface area contributed by atoms with E-state index < -0.39 is 64.4 Å². The highest BCUT2D eigenvalue weighted by Crippen LogP contribution is 2.51. The third-order valence-corrected chi connectivity index (χ3v) is 9.11. The highest BCUT2D eigenvalue weighted by Gasteiger charge is 2.69. The average Bonchev–Trinajstić information content (AvgIpc) is 2.95. The van der Waals surface area contributed by atoms with Crippen molar-refractivity contribution in [1.29, 1.82) is 0 Å². The molecule has 3 unspecified atom stereocenters. The molecule has 1 amide bonds. The van der Waals surface area contributed by atoms with Crippen LogP contribution >= 0.6 is 0 Å². The summed E-state index contributed by atoms with van der Waals surface area (Å²) in [5, 5.41) is 25.5. The Kier molecular flexibility index (Phi) is 8.27. The quantitative estimate of drug-likeness (QED) is 0.237. The number of ether oxygens (including phenoxy) is 1. The largest absolute Gasteiger partial charge is 0.507 e. The number of phenolic OH excluding ortho intramolecular Hbond substituents is 1. The molecule has 0 saturated heterocycles. The lowest BCUT2D eigenvalue weighted by Gasteiger charge is -2.52. The molecule has 5 rings (SSSR count).